The highest BCUT2D eigenvalue weighted by Crippen LogP contribution is 2.37. The van der Waals surface area contributed by atoms with Gasteiger partial charge in [0.15, 0.2) is 6.23 Å². The number of anilines is 1. The quantitative estimate of drug-likeness (QED) is 0.688. The van der Waals surface area contributed by atoms with Gasteiger partial charge < -0.3 is 24.9 Å². The second kappa shape index (κ2) is 6.02. The SMILES string of the molecule is Nc1ccn([C@@H]2O[C@H](CO)[C@H]3OB(c4ccccc4)O[C@H]32)c(=O)n1. The van der Waals surface area contributed by atoms with Crippen LogP contribution in [0.2, 0.25) is 0 Å². The van der Waals surface area contributed by atoms with Crippen molar-refractivity contribution in [1.29, 1.82) is 0 Å². The maximum absolute atomic E-state index is 12.1. The maximum atomic E-state index is 12.1. The number of benzene rings is 1. The molecule has 8 nitrogen and oxygen atoms in total. The predicted molar refractivity (Wildman–Crippen MR) is 85.5 cm³/mol. The van der Waals surface area contributed by atoms with Crippen LogP contribution in [-0.2, 0) is 14.0 Å². The van der Waals surface area contributed by atoms with Crippen LogP contribution in [0.15, 0.2) is 47.4 Å². The molecule has 2 aliphatic rings. The number of hydrogen-bond donors (Lipinski definition) is 2. The molecule has 2 fully saturated rings. The number of hydrogen-bond acceptors (Lipinski definition) is 7. The van der Waals surface area contributed by atoms with Gasteiger partial charge in [-0.3, -0.25) is 4.57 Å². The third-order valence-corrected chi connectivity index (χ3v) is 4.22. The minimum atomic E-state index is -0.735. The first-order valence-corrected chi connectivity index (χ1v) is 7.64. The zero-order valence-corrected chi connectivity index (χ0v) is 12.7. The Morgan fingerprint density at radius 2 is 1.96 bits per heavy atom. The number of rotatable bonds is 3. The van der Waals surface area contributed by atoms with Crippen LogP contribution in [0.1, 0.15) is 6.23 Å². The molecule has 4 rings (SSSR count). The van der Waals surface area contributed by atoms with Gasteiger partial charge in [-0.05, 0) is 11.5 Å². The number of nitrogens with zero attached hydrogens (tertiary/aromatic N) is 2. The summed E-state index contributed by atoms with van der Waals surface area (Å²) in [5, 5.41) is 9.56. The normalized spacial score (nSPS) is 29.0. The topological polar surface area (TPSA) is 109 Å². The number of fused-ring (bicyclic) bond motifs is 1. The van der Waals surface area contributed by atoms with Gasteiger partial charge in [-0.1, -0.05) is 30.3 Å². The third kappa shape index (κ3) is 2.51. The Bertz CT molecular complexity index is 786. The number of nitrogen functional groups attached to an aromatic ring is 1. The van der Waals surface area contributed by atoms with Crippen molar-refractivity contribution in [2.45, 2.75) is 24.5 Å². The van der Waals surface area contributed by atoms with Gasteiger partial charge in [-0.25, -0.2) is 4.79 Å². The Morgan fingerprint density at radius 1 is 1.21 bits per heavy atom. The molecular weight excluding hydrogens is 313 g/mol. The predicted octanol–water partition coefficient (Wildman–Crippen LogP) is -1.11. The lowest BCUT2D eigenvalue weighted by molar-refractivity contribution is -0.0605. The fourth-order valence-corrected chi connectivity index (χ4v) is 3.09. The van der Waals surface area contributed by atoms with Crippen molar-refractivity contribution in [3.8, 4) is 0 Å². The van der Waals surface area contributed by atoms with Gasteiger partial charge in [0.05, 0.1) is 6.61 Å². The van der Waals surface area contributed by atoms with E-state index in [2.05, 4.69) is 4.98 Å². The summed E-state index contributed by atoms with van der Waals surface area (Å²) in [6, 6.07) is 11.0. The Balaban J connectivity index is 1.65. The van der Waals surface area contributed by atoms with E-state index in [4.69, 9.17) is 19.8 Å². The fourth-order valence-electron chi connectivity index (χ4n) is 3.09. The van der Waals surface area contributed by atoms with Gasteiger partial charge in [0.2, 0.25) is 0 Å². The molecule has 3 N–H and O–H groups in total. The first-order chi connectivity index (χ1) is 11.7. The molecule has 124 valence electrons. The molecule has 1 aromatic carbocycles. The molecule has 4 atom stereocenters. The molecule has 2 saturated heterocycles. The smallest absolute Gasteiger partial charge is 0.399 e. The lowest BCUT2D eigenvalue weighted by atomic mass is 9.79. The van der Waals surface area contributed by atoms with E-state index < -0.39 is 37.3 Å². The van der Waals surface area contributed by atoms with Crippen LogP contribution in [0, 0.1) is 0 Å². The summed E-state index contributed by atoms with van der Waals surface area (Å²) in [7, 11) is -0.570. The van der Waals surface area contributed by atoms with Crippen molar-refractivity contribution in [2.75, 3.05) is 12.3 Å². The van der Waals surface area contributed by atoms with Crippen LogP contribution < -0.4 is 16.9 Å². The lowest BCUT2D eigenvalue weighted by Crippen LogP contribution is -2.37. The molecular formula is C15H16BN3O5. The Kier molecular flexibility index (Phi) is 3.85. The molecule has 0 aliphatic carbocycles. The van der Waals surface area contributed by atoms with Gasteiger partial charge >= 0.3 is 12.8 Å². The molecule has 9 heteroatoms. The number of aromatic nitrogens is 2. The fraction of sp³-hybridized carbons (Fsp3) is 0.333. The summed E-state index contributed by atoms with van der Waals surface area (Å²) in [4.78, 5) is 15.8. The molecule has 2 aromatic rings. The molecule has 0 radical (unpaired) electrons. The van der Waals surface area contributed by atoms with E-state index in [9.17, 15) is 9.90 Å². The highest BCUT2D eigenvalue weighted by atomic mass is 16.7. The van der Waals surface area contributed by atoms with Crippen LogP contribution in [0.25, 0.3) is 0 Å². The van der Waals surface area contributed by atoms with E-state index in [1.54, 1.807) is 0 Å². The van der Waals surface area contributed by atoms with Crippen LogP contribution in [-0.4, -0.2) is 46.7 Å². The second-order valence-electron chi connectivity index (χ2n) is 5.73. The second-order valence-corrected chi connectivity index (χ2v) is 5.73. The van der Waals surface area contributed by atoms with Crippen molar-refractivity contribution in [3.63, 3.8) is 0 Å². The molecule has 1 aromatic heterocycles. The summed E-state index contributed by atoms with van der Waals surface area (Å²) in [5.41, 5.74) is 5.85. The standard InChI is InChI=1S/C15H16BN3O5/c17-11-6-7-19(15(21)18-11)14-13-12(10(8-20)22-14)23-16(24-13)9-4-2-1-3-5-9/h1-7,10,12-14,20H,8H2,(H2,17,18,21)/t10-,12-,13-,14-/m1/s1. The third-order valence-electron chi connectivity index (χ3n) is 4.22. The van der Waals surface area contributed by atoms with E-state index in [1.165, 1.54) is 16.8 Å². The van der Waals surface area contributed by atoms with E-state index >= 15 is 0 Å². The number of aliphatic hydroxyl groups is 1. The van der Waals surface area contributed by atoms with Gasteiger partial charge in [0.1, 0.15) is 24.1 Å². The Labute approximate surface area is 137 Å². The van der Waals surface area contributed by atoms with Gasteiger partial charge in [0.25, 0.3) is 0 Å². The van der Waals surface area contributed by atoms with Crippen LogP contribution in [0.3, 0.4) is 0 Å². The number of aliphatic hydroxyl groups excluding tert-OH is 1. The average molecular weight is 329 g/mol. The maximum Gasteiger partial charge on any atom is 0.494 e. The summed E-state index contributed by atoms with van der Waals surface area (Å²) < 4.78 is 19.0. The molecule has 0 saturated carbocycles. The van der Waals surface area contributed by atoms with E-state index in [-0.39, 0.29) is 12.4 Å². The highest BCUT2D eigenvalue weighted by Gasteiger charge is 2.55. The molecule has 0 unspecified atom stereocenters. The van der Waals surface area contributed by atoms with Crippen LogP contribution in [0.5, 0.6) is 0 Å². The van der Waals surface area contributed by atoms with Crippen molar-refractivity contribution in [3.05, 3.63) is 53.1 Å². The molecule has 3 heterocycles. The monoisotopic (exact) mass is 329 g/mol. The van der Waals surface area contributed by atoms with Crippen molar-refractivity contribution in [1.82, 2.24) is 9.55 Å². The summed E-state index contributed by atoms with van der Waals surface area (Å²) in [6.07, 6.45) is -0.824. The summed E-state index contributed by atoms with van der Waals surface area (Å²) in [6.45, 7) is -0.236. The lowest BCUT2D eigenvalue weighted by Gasteiger charge is -2.19. The van der Waals surface area contributed by atoms with E-state index in [0.29, 0.717) is 0 Å². The van der Waals surface area contributed by atoms with Crippen molar-refractivity contribution in [2.24, 2.45) is 0 Å². The minimum absolute atomic E-state index is 0.134. The molecule has 24 heavy (non-hydrogen) atoms. The zero-order chi connectivity index (χ0) is 16.7. The average Bonchev–Trinajstić information content (AvgIpc) is 3.15. The molecule has 0 amide bonds. The highest BCUT2D eigenvalue weighted by molar-refractivity contribution is 6.61. The number of nitrogens with two attached hydrogens (primary N) is 1. The van der Waals surface area contributed by atoms with E-state index in [1.807, 2.05) is 30.3 Å². The number of ether oxygens (including phenoxy) is 1. The van der Waals surface area contributed by atoms with Crippen LogP contribution in [0.4, 0.5) is 5.82 Å². The minimum Gasteiger partial charge on any atom is -0.399 e. The summed E-state index contributed by atoms with van der Waals surface area (Å²) >= 11 is 0. The largest absolute Gasteiger partial charge is 0.494 e. The van der Waals surface area contributed by atoms with Crippen LogP contribution >= 0.6 is 0 Å². The zero-order valence-electron chi connectivity index (χ0n) is 12.7. The van der Waals surface area contributed by atoms with Gasteiger partial charge in [-0.2, -0.15) is 4.98 Å². The Morgan fingerprint density at radius 3 is 2.67 bits per heavy atom. The van der Waals surface area contributed by atoms with Gasteiger partial charge in [0, 0.05) is 6.20 Å². The van der Waals surface area contributed by atoms with Crippen molar-refractivity contribution >= 4 is 18.4 Å². The first-order valence-electron chi connectivity index (χ1n) is 7.64. The van der Waals surface area contributed by atoms with E-state index in [0.717, 1.165) is 5.46 Å². The molecule has 0 spiro atoms. The molecule has 2 aliphatic heterocycles. The Hall–Kier alpha value is -2.20. The van der Waals surface area contributed by atoms with Gasteiger partial charge in [-0.15, -0.1) is 0 Å². The van der Waals surface area contributed by atoms with Crippen molar-refractivity contribution < 1.29 is 19.2 Å². The molecule has 0 bridgehead atoms. The summed E-state index contributed by atoms with van der Waals surface area (Å²) in [5.74, 6) is 0.134. The first kappa shape index (κ1) is 15.3.